The molecule has 0 unspecified atom stereocenters. The fraction of sp³-hybridized carbons (Fsp3) is 0.500. The van der Waals surface area contributed by atoms with Gasteiger partial charge in [-0.3, -0.25) is 4.79 Å². The van der Waals surface area contributed by atoms with E-state index in [-0.39, 0.29) is 5.91 Å². The first-order valence-electron chi connectivity index (χ1n) is 6.90. The average molecular weight is 256 g/mol. The summed E-state index contributed by atoms with van der Waals surface area (Å²) in [6.45, 7) is 4.27. The van der Waals surface area contributed by atoms with E-state index < -0.39 is 5.41 Å². The molecule has 1 aromatic carbocycles. The van der Waals surface area contributed by atoms with Gasteiger partial charge in [0, 0.05) is 5.69 Å². The maximum absolute atomic E-state index is 12.3. The van der Waals surface area contributed by atoms with Crippen LogP contribution in [-0.4, -0.2) is 5.91 Å². The van der Waals surface area contributed by atoms with Gasteiger partial charge in [0.1, 0.15) is 5.41 Å². The van der Waals surface area contributed by atoms with E-state index >= 15 is 0 Å². The van der Waals surface area contributed by atoms with Crippen LogP contribution >= 0.6 is 0 Å². The molecule has 3 nitrogen and oxygen atoms in total. The van der Waals surface area contributed by atoms with E-state index in [1.165, 1.54) is 5.56 Å². The van der Waals surface area contributed by atoms with Gasteiger partial charge in [0.15, 0.2) is 0 Å². The first kappa shape index (κ1) is 13.6. The minimum Gasteiger partial charge on any atom is -0.325 e. The van der Waals surface area contributed by atoms with Crippen LogP contribution in [0.1, 0.15) is 51.0 Å². The molecule has 0 saturated heterocycles. The lowest BCUT2D eigenvalue weighted by molar-refractivity contribution is -0.122. The molecule has 0 aromatic heterocycles. The van der Waals surface area contributed by atoms with Crippen molar-refractivity contribution < 1.29 is 4.79 Å². The van der Waals surface area contributed by atoms with Gasteiger partial charge in [-0.25, -0.2) is 0 Å². The predicted octanol–water partition coefficient (Wildman–Crippen LogP) is 3.83. The smallest absolute Gasteiger partial charge is 0.244 e. The molecule has 0 spiro atoms. The fourth-order valence-electron chi connectivity index (χ4n) is 2.57. The second-order valence-corrected chi connectivity index (χ2v) is 5.63. The van der Waals surface area contributed by atoms with Gasteiger partial charge in [0.05, 0.1) is 6.07 Å². The van der Waals surface area contributed by atoms with Crippen molar-refractivity contribution >= 4 is 11.6 Å². The Morgan fingerprint density at radius 2 is 1.84 bits per heavy atom. The highest BCUT2D eigenvalue weighted by Gasteiger charge is 2.41. The molecule has 1 aliphatic rings. The molecule has 0 radical (unpaired) electrons. The molecule has 1 saturated carbocycles. The van der Waals surface area contributed by atoms with E-state index in [0.717, 1.165) is 18.5 Å². The second-order valence-electron chi connectivity index (χ2n) is 5.63. The Hall–Kier alpha value is -1.82. The normalized spacial score (nSPS) is 17.2. The van der Waals surface area contributed by atoms with Gasteiger partial charge in [-0.05, 0) is 36.5 Å². The molecule has 0 heterocycles. The number of nitriles is 1. The van der Waals surface area contributed by atoms with E-state index in [1.807, 2.05) is 24.3 Å². The lowest BCUT2D eigenvalue weighted by Gasteiger charge is -2.19. The number of carbonyl (C=O) groups excluding carboxylic acids is 1. The summed E-state index contributed by atoms with van der Waals surface area (Å²) in [6, 6.07) is 10.1. The third-order valence-electron chi connectivity index (χ3n) is 3.94. The Kier molecular flexibility index (Phi) is 3.90. The third-order valence-corrected chi connectivity index (χ3v) is 3.94. The highest BCUT2D eigenvalue weighted by Crippen LogP contribution is 2.38. The minimum atomic E-state index is -0.809. The molecule has 1 aromatic rings. The number of nitrogens with one attached hydrogen (secondary N) is 1. The van der Waals surface area contributed by atoms with Crippen molar-refractivity contribution in [2.24, 2.45) is 5.41 Å². The van der Waals surface area contributed by atoms with Crippen molar-refractivity contribution in [2.75, 3.05) is 5.32 Å². The van der Waals surface area contributed by atoms with Crippen molar-refractivity contribution in [3.63, 3.8) is 0 Å². The van der Waals surface area contributed by atoms with Gasteiger partial charge in [-0.2, -0.15) is 5.26 Å². The van der Waals surface area contributed by atoms with E-state index in [2.05, 4.69) is 25.2 Å². The standard InChI is InChI=1S/C16H20N2O/c1-12(2)13-5-7-14(8-6-13)18-15(19)16(11-17)9-3-4-10-16/h5-8,12H,3-4,9-10H2,1-2H3,(H,18,19). The van der Waals surface area contributed by atoms with Gasteiger partial charge in [-0.1, -0.05) is 38.8 Å². The van der Waals surface area contributed by atoms with Gasteiger partial charge >= 0.3 is 0 Å². The van der Waals surface area contributed by atoms with E-state index in [9.17, 15) is 10.1 Å². The van der Waals surface area contributed by atoms with Crippen LogP contribution in [0.5, 0.6) is 0 Å². The summed E-state index contributed by atoms with van der Waals surface area (Å²) in [5.74, 6) is 0.329. The minimum absolute atomic E-state index is 0.148. The topological polar surface area (TPSA) is 52.9 Å². The largest absolute Gasteiger partial charge is 0.325 e. The van der Waals surface area contributed by atoms with Crippen molar-refractivity contribution in [2.45, 2.75) is 45.4 Å². The Morgan fingerprint density at radius 3 is 2.32 bits per heavy atom. The zero-order valence-electron chi connectivity index (χ0n) is 11.6. The Labute approximate surface area is 114 Å². The average Bonchev–Trinajstić information content (AvgIpc) is 2.89. The maximum Gasteiger partial charge on any atom is 0.244 e. The van der Waals surface area contributed by atoms with Gasteiger partial charge < -0.3 is 5.32 Å². The number of hydrogen-bond donors (Lipinski definition) is 1. The second kappa shape index (κ2) is 5.44. The molecule has 1 amide bonds. The number of nitrogens with zero attached hydrogens (tertiary/aromatic N) is 1. The first-order valence-corrected chi connectivity index (χ1v) is 6.90. The number of hydrogen-bond acceptors (Lipinski definition) is 2. The van der Waals surface area contributed by atoms with Gasteiger partial charge in [0.2, 0.25) is 5.91 Å². The number of carbonyl (C=O) groups is 1. The molecule has 3 heteroatoms. The molecule has 2 rings (SSSR count). The summed E-state index contributed by atoms with van der Waals surface area (Å²) in [5.41, 5.74) is 1.21. The summed E-state index contributed by atoms with van der Waals surface area (Å²) in [5, 5.41) is 12.2. The highest BCUT2D eigenvalue weighted by molar-refractivity contribution is 5.97. The van der Waals surface area contributed by atoms with Crippen LogP contribution in [0.25, 0.3) is 0 Å². The molecule has 1 N–H and O–H groups in total. The maximum atomic E-state index is 12.3. The fourth-order valence-corrected chi connectivity index (χ4v) is 2.57. The van der Waals surface area contributed by atoms with Crippen LogP contribution in [0, 0.1) is 16.7 Å². The number of benzene rings is 1. The molecule has 1 aliphatic carbocycles. The number of anilines is 1. The number of amides is 1. The van der Waals surface area contributed by atoms with Crippen LogP contribution in [0.2, 0.25) is 0 Å². The SMILES string of the molecule is CC(C)c1ccc(NC(=O)C2(C#N)CCCC2)cc1. The predicted molar refractivity (Wildman–Crippen MR) is 75.7 cm³/mol. The third kappa shape index (κ3) is 2.78. The van der Waals surface area contributed by atoms with Crippen LogP contribution < -0.4 is 5.32 Å². The molecule has 1 fully saturated rings. The molecular weight excluding hydrogens is 236 g/mol. The van der Waals surface area contributed by atoms with E-state index in [0.29, 0.717) is 18.8 Å². The van der Waals surface area contributed by atoms with Crippen molar-refractivity contribution in [1.82, 2.24) is 0 Å². The van der Waals surface area contributed by atoms with Crippen molar-refractivity contribution in [3.8, 4) is 6.07 Å². The highest BCUT2D eigenvalue weighted by atomic mass is 16.2. The molecule has 19 heavy (non-hydrogen) atoms. The molecule has 0 bridgehead atoms. The summed E-state index contributed by atoms with van der Waals surface area (Å²) >= 11 is 0. The summed E-state index contributed by atoms with van der Waals surface area (Å²) in [6.07, 6.45) is 3.29. The molecular formula is C16H20N2O. The summed E-state index contributed by atoms with van der Waals surface area (Å²) < 4.78 is 0. The van der Waals surface area contributed by atoms with E-state index in [4.69, 9.17) is 0 Å². The quantitative estimate of drug-likeness (QED) is 0.893. The Bertz CT molecular complexity index is 490. The first-order chi connectivity index (χ1) is 9.07. The van der Waals surface area contributed by atoms with Crippen molar-refractivity contribution in [1.29, 1.82) is 5.26 Å². The monoisotopic (exact) mass is 256 g/mol. The van der Waals surface area contributed by atoms with Crippen molar-refractivity contribution in [3.05, 3.63) is 29.8 Å². The summed E-state index contributed by atoms with van der Waals surface area (Å²) in [7, 11) is 0. The molecule has 100 valence electrons. The van der Waals surface area contributed by atoms with Gasteiger partial charge in [0.25, 0.3) is 0 Å². The number of rotatable bonds is 3. The van der Waals surface area contributed by atoms with Crippen LogP contribution in [0.3, 0.4) is 0 Å². The molecule has 0 aliphatic heterocycles. The summed E-state index contributed by atoms with van der Waals surface area (Å²) in [4.78, 5) is 12.3. The van der Waals surface area contributed by atoms with Crippen LogP contribution in [0.4, 0.5) is 5.69 Å². The lowest BCUT2D eigenvalue weighted by Crippen LogP contribution is -2.32. The Balaban J connectivity index is 2.09. The zero-order valence-corrected chi connectivity index (χ0v) is 11.6. The van der Waals surface area contributed by atoms with Gasteiger partial charge in [-0.15, -0.1) is 0 Å². The molecule has 0 atom stereocenters. The lowest BCUT2D eigenvalue weighted by atomic mass is 9.87. The van der Waals surface area contributed by atoms with E-state index in [1.54, 1.807) is 0 Å². The zero-order chi connectivity index (χ0) is 13.9. The van der Waals surface area contributed by atoms with Crippen LogP contribution in [0.15, 0.2) is 24.3 Å². The Morgan fingerprint density at radius 1 is 1.26 bits per heavy atom. The van der Waals surface area contributed by atoms with Crippen LogP contribution in [-0.2, 0) is 4.79 Å².